The van der Waals surface area contributed by atoms with Gasteiger partial charge in [-0.1, -0.05) is 40.2 Å². The van der Waals surface area contributed by atoms with Crippen molar-refractivity contribution < 1.29 is 22.7 Å². The van der Waals surface area contributed by atoms with E-state index in [1.54, 1.807) is 24.3 Å². The van der Waals surface area contributed by atoms with Crippen LogP contribution in [0, 0.1) is 0 Å². The Morgan fingerprint density at radius 1 is 1.00 bits per heavy atom. The van der Waals surface area contributed by atoms with E-state index in [-0.39, 0.29) is 4.83 Å². The lowest BCUT2D eigenvalue weighted by atomic mass is 10.0. The van der Waals surface area contributed by atoms with E-state index in [2.05, 4.69) is 20.7 Å². The Kier molecular flexibility index (Phi) is 4.90. The lowest BCUT2D eigenvalue weighted by Gasteiger charge is -2.13. The van der Waals surface area contributed by atoms with Crippen molar-refractivity contribution >= 4 is 21.9 Å². The van der Waals surface area contributed by atoms with Crippen molar-refractivity contribution in [1.82, 2.24) is 0 Å². The minimum atomic E-state index is -4.34. The molecule has 116 valence electrons. The van der Waals surface area contributed by atoms with Gasteiger partial charge >= 0.3 is 12.1 Å². The molecule has 0 saturated carbocycles. The molecule has 1 unspecified atom stereocenters. The fraction of sp³-hybridized carbons (Fsp3) is 0.188. The second-order valence-electron chi connectivity index (χ2n) is 4.60. The van der Waals surface area contributed by atoms with E-state index in [9.17, 15) is 18.0 Å². The summed E-state index contributed by atoms with van der Waals surface area (Å²) in [6.45, 7) is 0. The van der Waals surface area contributed by atoms with Gasteiger partial charge in [-0.05, 0) is 35.4 Å². The van der Waals surface area contributed by atoms with Gasteiger partial charge < -0.3 is 4.74 Å². The summed E-state index contributed by atoms with van der Waals surface area (Å²) in [6.07, 6.45) is -4.34. The smallest absolute Gasteiger partial charge is 0.416 e. The van der Waals surface area contributed by atoms with Crippen LogP contribution in [0.3, 0.4) is 0 Å². The van der Waals surface area contributed by atoms with Gasteiger partial charge in [0.05, 0.1) is 23.1 Å². The Morgan fingerprint density at radius 2 is 1.45 bits per heavy atom. The Morgan fingerprint density at radius 3 is 1.86 bits per heavy atom. The monoisotopic (exact) mass is 372 g/mol. The number of hydrogen-bond acceptors (Lipinski definition) is 2. The Balaban J connectivity index is 2.21. The number of methoxy groups -OCH3 is 1. The second-order valence-corrected chi connectivity index (χ2v) is 5.51. The van der Waals surface area contributed by atoms with Gasteiger partial charge in [0.2, 0.25) is 0 Å². The van der Waals surface area contributed by atoms with E-state index in [4.69, 9.17) is 0 Å². The van der Waals surface area contributed by atoms with Gasteiger partial charge in [0.1, 0.15) is 0 Å². The molecular formula is C16H12BrF3O2. The first-order valence-corrected chi connectivity index (χ1v) is 7.24. The van der Waals surface area contributed by atoms with E-state index in [0.29, 0.717) is 11.1 Å². The topological polar surface area (TPSA) is 26.3 Å². The highest BCUT2D eigenvalue weighted by molar-refractivity contribution is 9.09. The highest BCUT2D eigenvalue weighted by atomic mass is 79.9. The highest BCUT2D eigenvalue weighted by Crippen LogP contribution is 2.34. The Bertz CT molecular complexity index is 649. The zero-order chi connectivity index (χ0) is 16.3. The van der Waals surface area contributed by atoms with E-state index >= 15 is 0 Å². The van der Waals surface area contributed by atoms with Crippen LogP contribution in [0.5, 0.6) is 0 Å². The van der Waals surface area contributed by atoms with E-state index in [0.717, 1.165) is 17.7 Å². The zero-order valence-corrected chi connectivity index (χ0v) is 13.1. The summed E-state index contributed by atoms with van der Waals surface area (Å²) < 4.78 is 42.2. The molecule has 0 spiro atoms. The first-order valence-electron chi connectivity index (χ1n) is 6.32. The maximum Gasteiger partial charge on any atom is 0.416 e. The molecule has 0 amide bonds. The van der Waals surface area contributed by atoms with Gasteiger partial charge in [-0.15, -0.1) is 0 Å². The minimum absolute atomic E-state index is 0.263. The van der Waals surface area contributed by atoms with Crippen LogP contribution in [0.2, 0.25) is 0 Å². The fourth-order valence-electron chi connectivity index (χ4n) is 1.94. The first kappa shape index (κ1) is 16.5. The van der Waals surface area contributed by atoms with E-state index in [1.165, 1.54) is 19.2 Å². The highest BCUT2D eigenvalue weighted by Gasteiger charge is 2.30. The van der Waals surface area contributed by atoms with Crippen LogP contribution in [-0.2, 0) is 10.9 Å². The molecule has 0 aliphatic carbocycles. The predicted molar refractivity (Wildman–Crippen MR) is 80.0 cm³/mol. The van der Waals surface area contributed by atoms with Crippen LogP contribution in [0.25, 0.3) is 0 Å². The van der Waals surface area contributed by atoms with Crippen molar-refractivity contribution in [3.63, 3.8) is 0 Å². The number of alkyl halides is 4. The second kappa shape index (κ2) is 6.52. The maximum absolute atomic E-state index is 12.5. The number of carbonyl (C=O) groups is 1. The molecule has 0 aromatic heterocycles. The van der Waals surface area contributed by atoms with Crippen LogP contribution in [-0.4, -0.2) is 13.1 Å². The zero-order valence-electron chi connectivity index (χ0n) is 11.5. The summed E-state index contributed by atoms with van der Waals surface area (Å²) in [4.78, 5) is 11.1. The van der Waals surface area contributed by atoms with Gasteiger partial charge in [0.15, 0.2) is 0 Å². The molecule has 0 radical (unpaired) electrons. The number of benzene rings is 2. The maximum atomic E-state index is 12.5. The summed E-state index contributed by atoms with van der Waals surface area (Å²) in [5.41, 5.74) is 1.25. The van der Waals surface area contributed by atoms with Crippen molar-refractivity contribution in [3.8, 4) is 0 Å². The van der Waals surface area contributed by atoms with E-state index in [1.807, 2.05) is 0 Å². The standard InChI is InChI=1S/C16H12BrF3O2/c1-22-15(21)12-4-2-10(3-5-12)14(17)11-6-8-13(9-7-11)16(18,19)20/h2-9,14H,1H3. The molecule has 22 heavy (non-hydrogen) atoms. The Labute approximate surface area is 134 Å². The van der Waals surface area contributed by atoms with Crippen molar-refractivity contribution in [1.29, 1.82) is 0 Å². The summed E-state index contributed by atoms with van der Waals surface area (Å²) in [6, 6.07) is 11.6. The fourth-order valence-corrected chi connectivity index (χ4v) is 2.55. The van der Waals surface area contributed by atoms with Gasteiger partial charge in [-0.2, -0.15) is 13.2 Å². The molecular weight excluding hydrogens is 361 g/mol. The molecule has 2 aromatic carbocycles. The van der Waals surface area contributed by atoms with Crippen molar-refractivity contribution in [2.45, 2.75) is 11.0 Å². The molecule has 6 heteroatoms. The van der Waals surface area contributed by atoms with Crippen LogP contribution >= 0.6 is 15.9 Å². The summed E-state index contributed by atoms with van der Waals surface area (Å²) in [5, 5.41) is 0. The van der Waals surface area contributed by atoms with Crippen LogP contribution in [0.4, 0.5) is 13.2 Å². The number of hydrogen-bond donors (Lipinski definition) is 0. The molecule has 0 saturated heterocycles. The van der Waals surface area contributed by atoms with Crippen molar-refractivity contribution in [2.24, 2.45) is 0 Å². The summed E-state index contributed by atoms with van der Waals surface area (Å²) >= 11 is 3.45. The van der Waals surface area contributed by atoms with Crippen molar-refractivity contribution in [3.05, 3.63) is 70.8 Å². The normalized spacial score (nSPS) is 12.8. The van der Waals surface area contributed by atoms with Gasteiger partial charge in [0, 0.05) is 0 Å². The quantitative estimate of drug-likeness (QED) is 0.561. The lowest BCUT2D eigenvalue weighted by Crippen LogP contribution is -2.05. The first-order chi connectivity index (χ1) is 10.3. The van der Waals surface area contributed by atoms with Gasteiger partial charge in [-0.3, -0.25) is 0 Å². The molecule has 2 rings (SSSR count). The van der Waals surface area contributed by atoms with Crippen LogP contribution < -0.4 is 0 Å². The average Bonchev–Trinajstić information content (AvgIpc) is 2.53. The van der Waals surface area contributed by atoms with Crippen LogP contribution in [0.15, 0.2) is 48.5 Å². The molecule has 0 aliphatic heterocycles. The van der Waals surface area contributed by atoms with Gasteiger partial charge in [-0.25, -0.2) is 4.79 Å². The summed E-state index contributed by atoms with van der Waals surface area (Å²) in [7, 11) is 1.30. The largest absolute Gasteiger partial charge is 0.465 e. The van der Waals surface area contributed by atoms with Gasteiger partial charge in [0.25, 0.3) is 0 Å². The molecule has 0 fully saturated rings. The predicted octanol–water partition coefficient (Wildman–Crippen LogP) is 4.98. The average molecular weight is 373 g/mol. The molecule has 2 aromatic rings. The minimum Gasteiger partial charge on any atom is -0.465 e. The SMILES string of the molecule is COC(=O)c1ccc(C(Br)c2ccc(C(F)(F)F)cc2)cc1. The third-order valence-electron chi connectivity index (χ3n) is 3.16. The molecule has 1 atom stereocenters. The number of rotatable bonds is 3. The number of halogens is 4. The van der Waals surface area contributed by atoms with Crippen molar-refractivity contribution in [2.75, 3.05) is 7.11 Å². The number of esters is 1. The molecule has 0 heterocycles. The molecule has 0 N–H and O–H groups in total. The third-order valence-corrected chi connectivity index (χ3v) is 4.21. The van der Waals surface area contributed by atoms with E-state index < -0.39 is 17.7 Å². The summed E-state index contributed by atoms with van der Waals surface area (Å²) in [5.74, 6) is -0.438. The lowest BCUT2D eigenvalue weighted by molar-refractivity contribution is -0.137. The third kappa shape index (κ3) is 3.68. The molecule has 2 nitrogen and oxygen atoms in total. The number of ether oxygens (including phenoxy) is 1. The molecule has 0 bridgehead atoms. The number of carbonyl (C=O) groups excluding carboxylic acids is 1. The Hall–Kier alpha value is -1.82. The van der Waals surface area contributed by atoms with Crippen LogP contribution in [0.1, 0.15) is 31.9 Å². The molecule has 0 aliphatic rings.